The SMILES string of the molecule is COC(=O)c1sc2nc(C)ccc2c1OCC(=O)OC(C)(C)C. The number of aromatic nitrogens is 1. The molecule has 0 radical (unpaired) electrons. The summed E-state index contributed by atoms with van der Waals surface area (Å²) < 4.78 is 15.5. The molecule has 0 aliphatic rings. The van der Waals surface area contributed by atoms with Crippen molar-refractivity contribution in [1.82, 2.24) is 4.98 Å². The van der Waals surface area contributed by atoms with Gasteiger partial charge in [-0.1, -0.05) is 0 Å². The standard InChI is InChI=1S/C16H19NO5S/c1-9-6-7-10-12(21-8-11(18)22-16(2,3)4)13(15(19)20-5)23-14(10)17-9/h6-7H,8H2,1-5H3. The third kappa shape index (κ3) is 4.19. The quantitative estimate of drug-likeness (QED) is 0.798. The van der Waals surface area contributed by atoms with Crippen LogP contribution in [0.15, 0.2) is 12.1 Å². The number of esters is 2. The van der Waals surface area contributed by atoms with E-state index >= 15 is 0 Å². The molecule has 0 amide bonds. The first kappa shape index (κ1) is 17.2. The van der Waals surface area contributed by atoms with Crippen LogP contribution in [0.4, 0.5) is 0 Å². The molecule has 0 aliphatic heterocycles. The van der Waals surface area contributed by atoms with E-state index in [2.05, 4.69) is 4.98 Å². The highest BCUT2D eigenvalue weighted by atomic mass is 32.1. The molecule has 0 saturated heterocycles. The molecule has 2 heterocycles. The number of rotatable bonds is 4. The predicted octanol–water partition coefficient (Wildman–Crippen LogP) is 3.11. The molecule has 23 heavy (non-hydrogen) atoms. The summed E-state index contributed by atoms with van der Waals surface area (Å²) in [7, 11) is 1.29. The van der Waals surface area contributed by atoms with Gasteiger partial charge in [-0.15, -0.1) is 11.3 Å². The molecule has 0 saturated carbocycles. The zero-order valence-electron chi connectivity index (χ0n) is 13.8. The summed E-state index contributed by atoms with van der Waals surface area (Å²) in [5, 5.41) is 0.671. The van der Waals surface area contributed by atoms with Gasteiger partial charge in [0, 0.05) is 5.69 Å². The van der Waals surface area contributed by atoms with Crippen molar-refractivity contribution in [3.63, 3.8) is 0 Å². The Morgan fingerprint density at radius 2 is 1.96 bits per heavy atom. The van der Waals surface area contributed by atoms with Crippen LogP contribution in [0.5, 0.6) is 5.75 Å². The van der Waals surface area contributed by atoms with Crippen LogP contribution in [-0.4, -0.2) is 36.2 Å². The Morgan fingerprint density at radius 3 is 2.57 bits per heavy atom. The van der Waals surface area contributed by atoms with Crippen molar-refractivity contribution in [3.8, 4) is 5.75 Å². The second-order valence-corrected chi connectivity index (χ2v) is 6.93. The molecule has 2 aromatic rings. The monoisotopic (exact) mass is 337 g/mol. The van der Waals surface area contributed by atoms with Gasteiger partial charge in [0.05, 0.1) is 12.5 Å². The van der Waals surface area contributed by atoms with Crippen LogP contribution >= 0.6 is 11.3 Å². The fraction of sp³-hybridized carbons (Fsp3) is 0.438. The first-order chi connectivity index (χ1) is 10.7. The lowest BCUT2D eigenvalue weighted by Gasteiger charge is -2.19. The van der Waals surface area contributed by atoms with Crippen LogP contribution in [0, 0.1) is 6.92 Å². The molecule has 0 fully saturated rings. The van der Waals surface area contributed by atoms with Gasteiger partial charge in [-0.25, -0.2) is 14.6 Å². The van der Waals surface area contributed by atoms with Gasteiger partial charge in [-0.05, 0) is 39.8 Å². The van der Waals surface area contributed by atoms with E-state index in [1.165, 1.54) is 18.4 Å². The number of ether oxygens (including phenoxy) is 3. The van der Waals surface area contributed by atoms with Gasteiger partial charge in [-0.2, -0.15) is 0 Å². The van der Waals surface area contributed by atoms with Crippen molar-refractivity contribution in [1.29, 1.82) is 0 Å². The van der Waals surface area contributed by atoms with E-state index in [4.69, 9.17) is 14.2 Å². The van der Waals surface area contributed by atoms with E-state index in [1.54, 1.807) is 20.8 Å². The molecule has 2 aromatic heterocycles. The minimum Gasteiger partial charge on any atom is -0.479 e. The summed E-state index contributed by atoms with van der Waals surface area (Å²) in [6, 6.07) is 3.63. The Hall–Kier alpha value is -2.15. The third-order valence-corrected chi connectivity index (χ3v) is 3.84. The zero-order chi connectivity index (χ0) is 17.2. The largest absolute Gasteiger partial charge is 0.479 e. The molecular formula is C16H19NO5S. The van der Waals surface area contributed by atoms with E-state index in [0.717, 1.165) is 5.69 Å². The number of carbonyl (C=O) groups excluding carboxylic acids is 2. The van der Waals surface area contributed by atoms with Crippen molar-refractivity contribution >= 4 is 33.5 Å². The Bertz CT molecular complexity index is 745. The molecule has 0 unspecified atom stereocenters. The number of aryl methyl sites for hydroxylation is 1. The predicted molar refractivity (Wildman–Crippen MR) is 87.0 cm³/mol. The van der Waals surface area contributed by atoms with Gasteiger partial charge < -0.3 is 14.2 Å². The average molecular weight is 337 g/mol. The lowest BCUT2D eigenvalue weighted by atomic mass is 10.2. The lowest BCUT2D eigenvalue weighted by molar-refractivity contribution is -0.157. The minimum absolute atomic E-state index is 0.282. The maximum absolute atomic E-state index is 11.9. The maximum atomic E-state index is 11.9. The first-order valence-corrected chi connectivity index (χ1v) is 7.86. The summed E-state index contributed by atoms with van der Waals surface area (Å²) in [5.41, 5.74) is 0.231. The van der Waals surface area contributed by atoms with Gasteiger partial charge in [0.25, 0.3) is 0 Å². The van der Waals surface area contributed by atoms with Gasteiger partial charge in [0.1, 0.15) is 10.4 Å². The molecule has 2 rings (SSSR count). The highest BCUT2D eigenvalue weighted by Gasteiger charge is 2.23. The second kappa shape index (κ2) is 6.54. The number of hydrogen-bond acceptors (Lipinski definition) is 7. The number of thiophene rings is 1. The molecule has 0 atom stereocenters. The summed E-state index contributed by atoms with van der Waals surface area (Å²) in [6.45, 7) is 6.89. The van der Waals surface area contributed by atoms with Gasteiger partial charge in [0.15, 0.2) is 17.2 Å². The first-order valence-electron chi connectivity index (χ1n) is 7.04. The van der Waals surface area contributed by atoms with Crippen molar-refractivity contribution in [2.75, 3.05) is 13.7 Å². The van der Waals surface area contributed by atoms with Crippen molar-refractivity contribution in [2.45, 2.75) is 33.3 Å². The van der Waals surface area contributed by atoms with Crippen LogP contribution in [0.1, 0.15) is 36.1 Å². The Morgan fingerprint density at radius 1 is 1.26 bits per heavy atom. The lowest BCUT2D eigenvalue weighted by Crippen LogP contribution is -2.27. The number of carbonyl (C=O) groups is 2. The molecule has 0 bridgehead atoms. The minimum atomic E-state index is -0.596. The Kier molecular flexibility index (Phi) is 4.89. The molecule has 0 aromatic carbocycles. The molecule has 124 valence electrons. The zero-order valence-corrected chi connectivity index (χ0v) is 14.6. The summed E-state index contributed by atoms with van der Waals surface area (Å²) in [4.78, 5) is 29.1. The number of hydrogen-bond donors (Lipinski definition) is 0. The molecule has 6 nitrogen and oxygen atoms in total. The Labute approximate surface area is 138 Å². The van der Waals surface area contributed by atoms with E-state index < -0.39 is 17.5 Å². The fourth-order valence-corrected chi connectivity index (χ4v) is 3.00. The van der Waals surface area contributed by atoms with Crippen LogP contribution in [0.3, 0.4) is 0 Å². The number of nitrogens with zero attached hydrogens (tertiary/aromatic N) is 1. The van der Waals surface area contributed by atoms with Gasteiger partial charge in [0.2, 0.25) is 0 Å². The number of methoxy groups -OCH3 is 1. The topological polar surface area (TPSA) is 74.7 Å². The van der Waals surface area contributed by atoms with Gasteiger partial charge in [-0.3, -0.25) is 0 Å². The number of fused-ring (bicyclic) bond motifs is 1. The number of pyridine rings is 1. The van der Waals surface area contributed by atoms with E-state index in [9.17, 15) is 9.59 Å². The smallest absolute Gasteiger partial charge is 0.351 e. The maximum Gasteiger partial charge on any atom is 0.351 e. The second-order valence-electron chi connectivity index (χ2n) is 5.93. The van der Waals surface area contributed by atoms with Crippen molar-refractivity contribution < 1.29 is 23.8 Å². The van der Waals surface area contributed by atoms with Crippen LogP contribution in [0.25, 0.3) is 10.2 Å². The summed E-state index contributed by atoms with van der Waals surface area (Å²) >= 11 is 1.17. The molecular weight excluding hydrogens is 318 g/mol. The van der Waals surface area contributed by atoms with Crippen LogP contribution in [0.2, 0.25) is 0 Å². The molecule has 0 aliphatic carbocycles. The summed E-state index contributed by atoms with van der Waals surface area (Å²) in [5.74, 6) is -0.729. The van der Waals surface area contributed by atoms with Gasteiger partial charge >= 0.3 is 11.9 Å². The highest BCUT2D eigenvalue weighted by Crippen LogP contribution is 2.37. The Balaban J connectivity index is 2.30. The molecule has 7 heteroatoms. The third-order valence-electron chi connectivity index (χ3n) is 2.77. The van der Waals surface area contributed by atoms with Crippen molar-refractivity contribution in [3.05, 3.63) is 22.7 Å². The van der Waals surface area contributed by atoms with E-state index in [1.807, 2.05) is 19.1 Å². The normalized spacial score (nSPS) is 11.3. The van der Waals surface area contributed by atoms with Crippen LogP contribution in [-0.2, 0) is 14.3 Å². The summed E-state index contributed by atoms with van der Waals surface area (Å²) in [6.07, 6.45) is 0. The fourth-order valence-electron chi connectivity index (χ4n) is 1.92. The highest BCUT2D eigenvalue weighted by molar-refractivity contribution is 7.20. The van der Waals surface area contributed by atoms with E-state index in [-0.39, 0.29) is 11.5 Å². The van der Waals surface area contributed by atoms with Crippen molar-refractivity contribution in [2.24, 2.45) is 0 Å². The average Bonchev–Trinajstić information content (AvgIpc) is 2.80. The molecule has 0 spiro atoms. The molecule has 0 N–H and O–H groups in total. The van der Waals surface area contributed by atoms with Crippen LogP contribution < -0.4 is 4.74 Å². The van der Waals surface area contributed by atoms with E-state index in [0.29, 0.717) is 16.0 Å².